The summed E-state index contributed by atoms with van der Waals surface area (Å²) in [4.78, 5) is 11.4. The van der Waals surface area contributed by atoms with Gasteiger partial charge in [0.05, 0.1) is 29.9 Å². The molecule has 0 fully saturated rings. The second-order valence-electron chi connectivity index (χ2n) is 4.94. The van der Waals surface area contributed by atoms with Crippen molar-refractivity contribution in [3.05, 3.63) is 70.7 Å². The SMILES string of the molecule is C=CCN(c1ccc(C(=O)OC)cc1)S(=O)(=O)c1cc(Cl)ccc1Cl. The molecule has 8 heteroatoms. The Morgan fingerprint density at radius 2 is 1.84 bits per heavy atom. The molecule has 25 heavy (non-hydrogen) atoms. The van der Waals surface area contributed by atoms with E-state index in [4.69, 9.17) is 23.2 Å². The Morgan fingerprint density at radius 1 is 1.20 bits per heavy atom. The third kappa shape index (κ3) is 4.15. The van der Waals surface area contributed by atoms with Crippen molar-refractivity contribution in [2.45, 2.75) is 4.90 Å². The summed E-state index contributed by atoms with van der Waals surface area (Å²) in [5.74, 6) is -0.512. The van der Waals surface area contributed by atoms with Crippen LogP contribution in [0.4, 0.5) is 5.69 Å². The molecular weight excluding hydrogens is 385 g/mol. The summed E-state index contributed by atoms with van der Waals surface area (Å²) in [5.41, 5.74) is 0.659. The third-order valence-electron chi connectivity index (χ3n) is 3.33. The zero-order valence-corrected chi connectivity index (χ0v) is 15.6. The number of halogens is 2. The summed E-state index contributed by atoms with van der Waals surface area (Å²) in [7, 11) is -2.71. The Bertz CT molecular complexity index is 895. The number of esters is 1. The minimum atomic E-state index is -3.98. The molecule has 0 radical (unpaired) electrons. The van der Waals surface area contributed by atoms with E-state index in [-0.39, 0.29) is 21.5 Å². The number of hydrogen-bond donors (Lipinski definition) is 0. The molecule has 0 heterocycles. The van der Waals surface area contributed by atoms with Crippen LogP contribution in [0.3, 0.4) is 0 Å². The molecule has 0 bridgehead atoms. The molecule has 0 aliphatic carbocycles. The zero-order chi connectivity index (χ0) is 18.6. The smallest absolute Gasteiger partial charge is 0.337 e. The highest BCUT2D eigenvalue weighted by atomic mass is 35.5. The molecule has 0 N–H and O–H groups in total. The van der Waals surface area contributed by atoms with Gasteiger partial charge in [-0.2, -0.15) is 0 Å². The predicted octanol–water partition coefficient (Wildman–Crippen LogP) is 4.16. The van der Waals surface area contributed by atoms with Gasteiger partial charge in [0.1, 0.15) is 4.90 Å². The number of benzene rings is 2. The van der Waals surface area contributed by atoms with Crippen LogP contribution in [0.1, 0.15) is 10.4 Å². The van der Waals surface area contributed by atoms with Crippen LogP contribution in [0.25, 0.3) is 0 Å². The molecule has 2 aromatic rings. The molecule has 0 spiro atoms. The second kappa shape index (κ2) is 7.91. The van der Waals surface area contributed by atoms with Crippen LogP contribution in [0, 0.1) is 0 Å². The van der Waals surface area contributed by atoms with Gasteiger partial charge in [-0.1, -0.05) is 29.3 Å². The largest absolute Gasteiger partial charge is 0.465 e. The van der Waals surface area contributed by atoms with Gasteiger partial charge < -0.3 is 4.74 Å². The highest BCUT2D eigenvalue weighted by Crippen LogP contribution is 2.30. The van der Waals surface area contributed by atoms with Gasteiger partial charge in [0.2, 0.25) is 0 Å². The number of ether oxygens (including phenoxy) is 1. The number of hydrogen-bond acceptors (Lipinski definition) is 4. The van der Waals surface area contributed by atoms with E-state index in [1.54, 1.807) is 0 Å². The highest BCUT2D eigenvalue weighted by Gasteiger charge is 2.27. The monoisotopic (exact) mass is 399 g/mol. The fraction of sp³-hybridized carbons (Fsp3) is 0.118. The number of carbonyl (C=O) groups excluding carboxylic acids is 1. The molecule has 0 amide bonds. The summed E-state index contributed by atoms with van der Waals surface area (Å²) in [6.45, 7) is 3.61. The zero-order valence-electron chi connectivity index (χ0n) is 13.3. The van der Waals surface area contributed by atoms with Gasteiger partial charge in [-0.05, 0) is 42.5 Å². The maximum absolute atomic E-state index is 13.0. The van der Waals surface area contributed by atoms with Crippen molar-refractivity contribution in [1.29, 1.82) is 0 Å². The van der Waals surface area contributed by atoms with Crippen molar-refractivity contribution in [3.8, 4) is 0 Å². The van der Waals surface area contributed by atoms with Crippen LogP contribution >= 0.6 is 23.2 Å². The quantitative estimate of drug-likeness (QED) is 0.540. The molecule has 0 atom stereocenters. The molecule has 2 rings (SSSR count). The lowest BCUT2D eigenvalue weighted by molar-refractivity contribution is 0.0601. The lowest BCUT2D eigenvalue weighted by Gasteiger charge is -2.24. The molecule has 0 aliphatic rings. The second-order valence-corrected chi connectivity index (χ2v) is 7.61. The summed E-state index contributed by atoms with van der Waals surface area (Å²) in [6.07, 6.45) is 1.45. The number of anilines is 1. The van der Waals surface area contributed by atoms with Crippen molar-refractivity contribution >= 4 is 44.9 Å². The normalized spacial score (nSPS) is 11.0. The van der Waals surface area contributed by atoms with Gasteiger partial charge in [-0.25, -0.2) is 13.2 Å². The van der Waals surface area contributed by atoms with Crippen molar-refractivity contribution in [2.75, 3.05) is 18.0 Å². The van der Waals surface area contributed by atoms with Crippen molar-refractivity contribution < 1.29 is 17.9 Å². The van der Waals surface area contributed by atoms with E-state index in [1.807, 2.05) is 0 Å². The minimum absolute atomic E-state index is 0.0166. The van der Waals surface area contributed by atoms with Crippen LogP contribution in [0.2, 0.25) is 10.0 Å². The van der Waals surface area contributed by atoms with Crippen LogP contribution in [0.15, 0.2) is 60.0 Å². The number of methoxy groups -OCH3 is 1. The fourth-order valence-corrected chi connectivity index (χ4v) is 4.31. The first-order valence-electron chi connectivity index (χ1n) is 7.08. The van der Waals surface area contributed by atoms with Gasteiger partial charge in [-0.3, -0.25) is 4.31 Å². The molecule has 0 aromatic heterocycles. The Labute approximate surface area is 156 Å². The van der Waals surface area contributed by atoms with Crippen molar-refractivity contribution in [1.82, 2.24) is 0 Å². The predicted molar refractivity (Wildman–Crippen MR) is 99.0 cm³/mol. The highest BCUT2D eigenvalue weighted by molar-refractivity contribution is 7.93. The van der Waals surface area contributed by atoms with Crippen LogP contribution in [-0.2, 0) is 14.8 Å². The lowest BCUT2D eigenvalue weighted by Crippen LogP contribution is -2.31. The van der Waals surface area contributed by atoms with E-state index in [9.17, 15) is 13.2 Å². The van der Waals surface area contributed by atoms with E-state index < -0.39 is 16.0 Å². The van der Waals surface area contributed by atoms with Gasteiger partial charge in [0.15, 0.2) is 0 Å². The average molecular weight is 400 g/mol. The molecule has 0 unspecified atom stereocenters. The topological polar surface area (TPSA) is 63.7 Å². The number of sulfonamides is 1. The standard InChI is InChI=1S/C17H15Cl2NO4S/c1-3-10-20(14-7-4-12(5-8-14)17(21)24-2)25(22,23)16-11-13(18)6-9-15(16)19/h3-9,11H,1,10H2,2H3. The third-order valence-corrected chi connectivity index (χ3v) is 5.84. The van der Waals surface area contributed by atoms with E-state index >= 15 is 0 Å². The molecule has 0 saturated carbocycles. The maximum Gasteiger partial charge on any atom is 0.337 e. The molecule has 0 aliphatic heterocycles. The van der Waals surface area contributed by atoms with Crippen LogP contribution in [0.5, 0.6) is 0 Å². The summed E-state index contributed by atoms with van der Waals surface area (Å²) < 4.78 is 31.8. The van der Waals surface area contributed by atoms with Gasteiger partial charge in [0, 0.05) is 5.02 Å². The Hall–Kier alpha value is -2.02. The Balaban J connectivity index is 2.51. The van der Waals surface area contributed by atoms with Gasteiger partial charge in [0.25, 0.3) is 10.0 Å². The molecular formula is C17H15Cl2NO4S. The Kier molecular flexibility index (Phi) is 6.11. The fourth-order valence-electron chi connectivity index (χ4n) is 2.13. The summed E-state index contributed by atoms with van der Waals surface area (Å²) in [5, 5.41) is 0.312. The molecule has 5 nitrogen and oxygen atoms in total. The van der Waals surface area contributed by atoms with Crippen molar-refractivity contribution in [2.24, 2.45) is 0 Å². The first kappa shape index (κ1) is 19.3. The minimum Gasteiger partial charge on any atom is -0.465 e. The summed E-state index contributed by atoms with van der Waals surface area (Å²) in [6, 6.07) is 10.2. The van der Waals surface area contributed by atoms with E-state index in [0.29, 0.717) is 11.3 Å². The van der Waals surface area contributed by atoms with Crippen molar-refractivity contribution in [3.63, 3.8) is 0 Å². The molecule has 0 saturated heterocycles. The van der Waals surface area contributed by atoms with E-state index in [0.717, 1.165) is 4.31 Å². The first-order chi connectivity index (χ1) is 11.8. The van der Waals surface area contributed by atoms with Crippen LogP contribution < -0.4 is 4.31 Å². The van der Waals surface area contributed by atoms with E-state index in [2.05, 4.69) is 11.3 Å². The Morgan fingerprint density at radius 3 is 2.40 bits per heavy atom. The van der Waals surface area contributed by atoms with Gasteiger partial charge in [-0.15, -0.1) is 6.58 Å². The maximum atomic E-state index is 13.0. The number of carbonyl (C=O) groups is 1. The average Bonchev–Trinajstić information content (AvgIpc) is 2.61. The number of rotatable bonds is 6. The van der Waals surface area contributed by atoms with E-state index in [1.165, 1.54) is 55.7 Å². The van der Waals surface area contributed by atoms with Gasteiger partial charge >= 0.3 is 5.97 Å². The first-order valence-corrected chi connectivity index (χ1v) is 9.28. The number of nitrogens with zero attached hydrogens (tertiary/aromatic N) is 1. The van der Waals surface area contributed by atoms with Crippen LogP contribution in [-0.4, -0.2) is 28.0 Å². The lowest BCUT2D eigenvalue weighted by atomic mass is 10.2. The molecule has 2 aromatic carbocycles. The molecule has 132 valence electrons. The summed E-state index contributed by atoms with van der Waals surface area (Å²) >= 11 is 12.0.